The average molecular weight is 336 g/mol. The molecule has 15 heavy (non-hydrogen) atoms. The molecule has 0 aliphatic carbocycles. The lowest BCUT2D eigenvalue weighted by molar-refractivity contribution is 0.718. The molecular weight excluding hydrogens is 315 g/mol. The Morgan fingerprint density at radius 1 is 0.867 bits per heavy atom. The molecular formula is C12H21BBr2. The van der Waals surface area contributed by atoms with E-state index >= 15 is 0 Å². The molecule has 0 bridgehead atoms. The zero-order valence-electron chi connectivity index (χ0n) is 9.48. The number of rotatable bonds is 10. The van der Waals surface area contributed by atoms with Gasteiger partial charge in [0.25, 0.3) is 0 Å². The van der Waals surface area contributed by atoms with Crippen LogP contribution in [0.5, 0.6) is 0 Å². The van der Waals surface area contributed by atoms with E-state index in [1.54, 1.807) is 0 Å². The summed E-state index contributed by atoms with van der Waals surface area (Å²) in [4.78, 5) is 0. The van der Waals surface area contributed by atoms with Gasteiger partial charge < -0.3 is 0 Å². The van der Waals surface area contributed by atoms with E-state index in [9.17, 15) is 0 Å². The molecule has 0 fully saturated rings. The fourth-order valence-corrected chi connectivity index (χ4v) is 2.20. The molecule has 0 N–H and O–H groups in total. The van der Waals surface area contributed by atoms with Crippen molar-refractivity contribution < 1.29 is 0 Å². The van der Waals surface area contributed by atoms with E-state index in [0.717, 1.165) is 29.0 Å². The number of hydrogen-bond acceptors (Lipinski definition) is 0. The molecule has 0 spiro atoms. The number of alkyl halides is 2. The first-order chi connectivity index (χ1) is 7.31. The lowest BCUT2D eigenvalue weighted by Gasteiger charge is -2.01. The van der Waals surface area contributed by atoms with Crippen LogP contribution in [-0.2, 0) is 0 Å². The molecule has 0 aliphatic heterocycles. The number of halogens is 2. The van der Waals surface area contributed by atoms with Gasteiger partial charge in [-0.1, -0.05) is 57.2 Å². The second kappa shape index (κ2) is 12.8. The van der Waals surface area contributed by atoms with Crippen LogP contribution >= 0.6 is 31.9 Å². The van der Waals surface area contributed by atoms with Crippen LogP contribution in [-0.4, -0.2) is 18.5 Å². The summed E-state index contributed by atoms with van der Waals surface area (Å²) < 4.78 is 0. The topological polar surface area (TPSA) is 0 Å². The van der Waals surface area contributed by atoms with Gasteiger partial charge in [0, 0.05) is 10.7 Å². The van der Waals surface area contributed by atoms with Gasteiger partial charge in [0.1, 0.15) is 7.85 Å². The van der Waals surface area contributed by atoms with Gasteiger partial charge in [-0.25, -0.2) is 0 Å². The lowest BCUT2D eigenvalue weighted by Crippen LogP contribution is -1.85. The molecule has 0 aromatic heterocycles. The highest BCUT2D eigenvalue weighted by Gasteiger charge is 1.91. The van der Waals surface area contributed by atoms with Gasteiger partial charge >= 0.3 is 0 Å². The summed E-state index contributed by atoms with van der Waals surface area (Å²) in [6, 6.07) is 0. The Morgan fingerprint density at radius 3 is 2.07 bits per heavy atom. The van der Waals surface area contributed by atoms with Crippen LogP contribution in [0, 0.1) is 0 Å². The van der Waals surface area contributed by atoms with E-state index in [1.807, 2.05) is 0 Å². The van der Waals surface area contributed by atoms with E-state index < -0.39 is 0 Å². The largest absolute Gasteiger partial charge is 0.122 e. The maximum Gasteiger partial charge on any atom is 0.107 e. The summed E-state index contributed by atoms with van der Waals surface area (Å²) in [6.07, 6.45) is 12.1. The SMILES string of the molecule is [B]/C(=C\CCCCCBr)CCCCCBr. The first-order valence-corrected chi connectivity index (χ1v) is 8.12. The van der Waals surface area contributed by atoms with Gasteiger partial charge in [-0.15, -0.1) is 5.47 Å². The molecule has 0 aliphatic rings. The average Bonchev–Trinajstić information content (AvgIpc) is 2.24. The van der Waals surface area contributed by atoms with Crippen molar-refractivity contribution in [2.45, 2.75) is 51.4 Å². The Morgan fingerprint density at radius 2 is 1.47 bits per heavy atom. The summed E-state index contributed by atoms with van der Waals surface area (Å²) in [7, 11) is 5.91. The Labute approximate surface area is 113 Å². The Balaban J connectivity index is 3.27. The Bertz CT molecular complexity index is 158. The fourth-order valence-electron chi connectivity index (χ4n) is 1.41. The molecule has 0 heterocycles. The second-order valence-electron chi connectivity index (χ2n) is 3.82. The van der Waals surface area contributed by atoms with Crippen molar-refractivity contribution in [2.75, 3.05) is 10.7 Å². The molecule has 0 atom stereocenters. The molecule has 0 amide bonds. The minimum absolute atomic E-state index is 1.07. The van der Waals surface area contributed by atoms with Crippen LogP contribution in [0.4, 0.5) is 0 Å². The predicted molar refractivity (Wildman–Crippen MR) is 78.4 cm³/mol. The van der Waals surface area contributed by atoms with Crippen molar-refractivity contribution in [1.82, 2.24) is 0 Å². The van der Waals surface area contributed by atoms with Gasteiger partial charge in [0.05, 0.1) is 0 Å². The molecule has 3 heteroatoms. The van der Waals surface area contributed by atoms with Crippen molar-refractivity contribution in [3.8, 4) is 0 Å². The van der Waals surface area contributed by atoms with Crippen LogP contribution in [0.15, 0.2) is 11.5 Å². The second-order valence-corrected chi connectivity index (χ2v) is 5.40. The first-order valence-electron chi connectivity index (χ1n) is 5.87. The van der Waals surface area contributed by atoms with Crippen molar-refractivity contribution >= 4 is 39.7 Å². The van der Waals surface area contributed by atoms with E-state index in [-0.39, 0.29) is 0 Å². The standard InChI is InChI=1S/C12H21BBr2/c13-12(9-5-3-7-11-15)8-4-1-2-6-10-14/h8H,1-7,9-11H2/b12-8-. The molecule has 86 valence electrons. The first kappa shape index (κ1) is 15.8. The highest BCUT2D eigenvalue weighted by Crippen LogP contribution is 2.10. The highest BCUT2D eigenvalue weighted by molar-refractivity contribution is 9.09. The van der Waals surface area contributed by atoms with Crippen LogP contribution in [0.25, 0.3) is 0 Å². The molecule has 0 saturated carbocycles. The van der Waals surface area contributed by atoms with Crippen molar-refractivity contribution in [2.24, 2.45) is 0 Å². The maximum absolute atomic E-state index is 5.91. The molecule has 0 aromatic rings. The fraction of sp³-hybridized carbons (Fsp3) is 0.833. The Kier molecular flexibility index (Phi) is 13.5. The summed E-state index contributed by atoms with van der Waals surface area (Å²) in [5.74, 6) is 0. The van der Waals surface area contributed by atoms with Gasteiger partial charge in [-0.2, -0.15) is 0 Å². The lowest BCUT2D eigenvalue weighted by atomic mass is 9.89. The predicted octanol–water partition coefficient (Wildman–Crippen LogP) is 4.95. The van der Waals surface area contributed by atoms with Gasteiger partial charge in [0.15, 0.2) is 0 Å². The number of unbranched alkanes of at least 4 members (excludes halogenated alkanes) is 5. The van der Waals surface area contributed by atoms with Crippen LogP contribution in [0.1, 0.15) is 51.4 Å². The zero-order chi connectivity index (χ0) is 11.4. The molecule has 0 nitrogen and oxygen atoms in total. The van der Waals surface area contributed by atoms with Crippen molar-refractivity contribution in [3.05, 3.63) is 11.5 Å². The van der Waals surface area contributed by atoms with Crippen LogP contribution in [0.2, 0.25) is 0 Å². The van der Waals surface area contributed by atoms with Crippen LogP contribution in [0.3, 0.4) is 0 Å². The minimum atomic E-state index is 1.07. The van der Waals surface area contributed by atoms with Crippen LogP contribution < -0.4 is 0 Å². The smallest absolute Gasteiger partial charge is 0.107 e. The summed E-state index contributed by atoms with van der Waals surface area (Å²) in [5, 5.41) is 2.24. The van der Waals surface area contributed by atoms with Crippen molar-refractivity contribution in [3.63, 3.8) is 0 Å². The molecule has 0 aromatic carbocycles. The molecule has 2 radical (unpaired) electrons. The summed E-state index contributed by atoms with van der Waals surface area (Å²) >= 11 is 6.87. The van der Waals surface area contributed by atoms with Gasteiger partial charge in [0.2, 0.25) is 0 Å². The molecule has 0 unspecified atom stereocenters. The maximum atomic E-state index is 5.91. The van der Waals surface area contributed by atoms with E-state index in [1.165, 1.54) is 38.5 Å². The minimum Gasteiger partial charge on any atom is -0.122 e. The third-order valence-corrected chi connectivity index (χ3v) is 3.46. The van der Waals surface area contributed by atoms with E-state index in [0.29, 0.717) is 0 Å². The van der Waals surface area contributed by atoms with Gasteiger partial charge in [-0.05, 0) is 32.1 Å². The van der Waals surface area contributed by atoms with E-state index in [4.69, 9.17) is 7.85 Å². The number of allylic oxidation sites excluding steroid dienone is 2. The normalized spacial score (nSPS) is 12.0. The zero-order valence-corrected chi connectivity index (χ0v) is 12.7. The summed E-state index contributed by atoms with van der Waals surface area (Å²) in [5.41, 5.74) is 1.09. The molecule has 0 saturated heterocycles. The third kappa shape index (κ3) is 12.7. The summed E-state index contributed by atoms with van der Waals surface area (Å²) in [6.45, 7) is 0. The monoisotopic (exact) mass is 334 g/mol. The van der Waals surface area contributed by atoms with Crippen molar-refractivity contribution in [1.29, 1.82) is 0 Å². The third-order valence-electron chi connectivity index (χ3n) is 2.34. The highest BCUT2D eigenvalue weighted by atomic mass is 79.9. The van der Waals surface area contributed by atoms with E-state index in [2.05, 4.69) is 37.9 Å². The quantitative estimate of drug-likeness (QED) is 0.301. The molecule has 0 rings (SSSR count). The Hall–Kier alpha value is 0.765. The number of hydrogen-bond donors (Lipinski definition) is 0. The van der Waals surface area contributed by atoms with Gasteiger partial charge in [-0.3, -0.25) is 0 Å².